The van der Waals surface area contributed by atoms with E-state index in [0.717, 1.165) is 43.0 Å². The first-order chi connectivity index (χ1) is 13.4. The van der Waals surface area contributed by atoms with Gasteiger partial charge in [0, 0.05) is 11.6 Å². The zero-order valence-corrected chi connectivity index (χ0v) is 16.9. The molecule has 2 aliphatic rings. The molecule has 5 heteroatoms. The number of ketones is 1. The second-order valence-electron chi connectivity index (χ2n) is 7.85. The third kappa shape index (κ3) is 3.67. The van der Waals surface area contributed by atoms with Crippen LogP contribution in [0, 0.1) is 12.8 Å². The van der Waals surface area contributed by atoms with Gasteiger partial charge >= 0.3 is 0 Å². The van der Waals surface area contributed by atoms with Gasteiger partial charge in [-0.3, -0.25) is 9.69 Å². The van der Waals surface area contributed by atoms with Gasteiger partial charge in [0.25, 0.3) is 0 Å². The lowest BCUT2D eigenvalue weighted by molar-refractivity contribution is 0.101. The van der Waals surface area contributed by atoms with Gasteiger partial charge in [0.1, 0.15) is 11.5 Å². The Morgan fingerprint density at radius 2 is 2.04 bits per heavy atom. The molecule has 2 aromatic carbocycles. The molecule has 2 aromatic rings. The van der Waals surface area contributed by atoms with Gasteiger partial charge in [0.15, 0.2) is 5.76 Å². The summed E-state index contributed by atoms with van der Waals surface area (Å²) in [6, 6.07) is 8.95. The molecule has 2 aliphatic heterocycles. The number of carbonyl (C=O) groups is 1. The number of halogens is 1. The Morgan fingerprint density at radius 1 is 1.29 bits per heavy atom. The summed E-state index contributed by atoms with van der Waals surface area (Å²) >= 11 is 6.05. The van der Waals surface area contributed by atoms with Gasteiger partial charge in [-0.15, -0.1) is 0 Å². The lowest BCUT2D eigenvalue weighted by atomic mass is 9.96. The van der Waals surface area contributed by atoms with Crippen LogP contribution < -0.4 is 4.74 Å². The molecule has 146 valence electrons. The number of phenols is 1. The fourth-order valence-electron chi connectivity index (χ4n) is 3.92. The maximum atomic E-state index is 13.0. The van der Waals surface area contributed by atoms with Crippen LogP contribution in [0.2, 0.25) is 5.02 Å². The van der Waals surface area contributed by atoms with E-state index in [1.54, 1.807) is 24.3 Å². The van der Waals surface area contributed by atoms with E-state index in [2.05, 4.69) is 11.8 Å². The van der Waals surface area contributed by atoms with E-state index in [1.165, 1.54) is 0 Å². The summed E-state index contributed by atoms with van der Waals surface area (Å²) in [6.07, 6.45) is 4.00. The van der Waals surface area contributed by atoms with Crippen molar-refractivity contribution in [2.24, 2.45) is 5.92 Å². The third-order valence-electron chi connectivity index (χ3n) is 5.63. The van der Waals surface area contributed by atoms with Gasteiger partial charge in [-0.25, -0.2) is 0 Å². The average Bonchev–Trinajstić information content (AvgIpc) is 2.97. The lowest BCUT2D eigenvalue weighted by Gasteiger charge is -2.30. The molecule has 28 heavy (non-hydrogen) atoms. The van der Waals surface area contributed by atoms with Crippen LogP contribution in [-0.4, -0.2) is 28.9 Å². The molecule has 0 unspecified atom stereocenters. The Labute approximate surface area is 170 Å². The average molecular weight is 398 g/mol. The molecule has 0 aliphatic carbocycles. The Balaban J connectivity index is 1.68. The summed E-state index contributed by atoms with van der Waals surface area (Å²) in [7, 11) is 0. The highest BCUT2D eigenvalue weighted by Gasteiger charge is 2.34. The van der Waals surface area contributed by atoms with E-state index in [9.17, 15) is 9.90 Å². The summed E-state index contributed by atoms with van der Waals surface area (Å²) in [5.74, 6) is 1.53. The van der Waals surface area contributed by atoms with Crippen LogP contribution in [0.3, 0.4) is 0 Å². The Bertz CT molecular complexity index is 959. The maximum Gasteiger partial charge on any atom is 0.232 e. The van der Waals surface area contributed by atoms with Gasteiger partial charge in [-0.1, -0.05) is 30.7 Å². The SMILES string of the molecule is Cc1cc(O)c(CN2CCC(C)CC2)c2c1C(=O)/C(=C/c1cccc(Cl)c1)O2. The van der Waals surface area contributed by atoms with Crippen LogP contribution >= 0.6 is 11.6 Å². The number of phenolic OH excluding ortho intramolecular Hbond substituents is 1. The van der Waals surface area contributed by atoms with Gasteiger partial charge < -0.3 is 9.84 Å². The van der Waals surface area contributed by atoms with E-state index < -0.39 is 0 Å². The Kier molecular flexibility index (Phi) is 5.17. The number of fused-ring (bicyclic) bond motifs is 1. The molecular formula is C23H24ClNO3. The number of Topliss-reactive ketones (excluding diaryl/α,β-unsaturated/α-hetero) is 1. The Morgan fingerprint density at radius 3 is 2.75 bits per heavy atom. The highest BCUT2D eigenvalue weighted by atomic mass is 35.5. The standard InChI is InChI=1S/C23H24ClNO3/c1-14-6-8-25(9-7-14)13-18-19(26)10-15(2)21-22(27)20(28-23(18)21)12-16-4-3-5-17(24)11-16/h3-5,10-12,14,26H,6-9,13H2,1-2H3/b20-12-. The summed E-state index contributed by atoms with van der Waals surface area (Å²) in [6.45, 7) is 6.66. The van der Waals surface area contributed by atoms with Crippen molar-refractivity contribution in [1.29, 1.82) is 0 Å². The third-order valence-corrected chi connectivity index (χ3v) is 5.86. The van der Waals surface area contributed by atoms with Crippen molar-refractivity contribution in [3.63, 3.8) is 0 Å². The van der Waals surface area contributed by atoms with Gasteiger partial charge in [-0.05, 0) is 74.2 Å². The molecule has 4 nitrogen and oxygen atoms in total. The molecule has 0 amide bonds. The van der Waals surface area contributed by atoms with E-state index in [0.29, 0.717) is 28.4 Å². The minimum absolute atomic E-state index is 0.152. The normalized spacial score (nSPS) is 19.1. The summed E-state index contributed by atoms with van der Waals surface area (Å²) in [5.41, 5.74) is 2.77. The van der Waals surface area contributed by atoms with Crippen LogP contribution in [0.5, 0.6) is 11.5 Å². The number of rotatable bonds is 3. The molecule has 0 bridgehead atoms. The zero-order chi connectivity index (χ0) is 19.8. The topological polar surface area (TPSA) is 49.8 Å². The number of nitrogens with zero attached hydrogens (tertiary/aromatic N) is 1. The van der Waals surface area contributed by atoms with Crippen LogP contribution in [0.25, 0.3) is 6.08 Å². The molecule has 0 atom stereocenters. The summed E-state index contributed by atoms with van der Waals surface area (Å²) in [4.78, 5) is 15.3. The number of likely N-dealkylation sites (tertiary alicyclic amines) is 1. The molecule has 1 fully saturated rings. The largest absolute Gasteiger partial charge is 0.507 e. The minimum atomic E-state index is -0.152. The first-order valence-corrected chi connectivity index (χ1v) is 10.1. The molecule has 1 saturated heterocycles. The number of ether oxygens (including phenoxy) is 1. The van der Waals surface area contributed by atoms with Crippen LogP contribution in [0.1, 0.15) is 46.8 Å². The first-order valence-electron chi connectivity index (χ1n) is 9.70. The van der Waals surface area contributed by atoms with E-state index in [1.807, 2.05) is 19.1 Å². The summed E-state index contributed by atoms with van der Waals surface area (Å²) in [5, 5.41) is 11.2. The van der Waals surface area contributed by atoms with Crippen LogP contribution in [-0.2, 0) is 6.54 Å². The van der Waals surface area contributed by atoms with Crippen molar-refractivity contribution in [1.82, 2.24) is 4.90 Å². The van der Waals surface area contributed by atoms with E-state index >= 15 is 0 Å². The number of hydrogen-bond acceptors (Lipinski definition) is 4. The fraction of sp³-hybridized carbons (Fsp3) is 0.348. The molecule has 1 N–H and O–H groups in total. The van der Waals surface area contributed by atoms with Crippen molar-refractivity contribution >= 4 is 23.5 Å². The van der Waals surface area contributed by atoms with E-state index in [-0.39, 0.29) is 17.3 Å². The molecule has 2 heterocycles. The van der Waals surface area contributed by atoms with Gasteiger partial charge in [0.2, 0.25) is 5.78 Å². The smallest absolute Gasteiger partial charge is 0.232 e. The number of carbonyl (C=O) groups excluding carboxylic acids is 1. The number of piperidine rings is 1. The second-order valence-corrected chi connectivity index (χ2v) is 8.29. The van der Waals surface area contributed by atoms with Gasteiger partial charge in [-0.2, -0.15) is 0 Å². The number of benzene rings is 2. The fourth-order valence-corrected chi connectivity index (χ4v) is 4.12. The van der Waals surface area contributed by atoms with Crippen LogP contribution in [0.4, 0.5) is 0 Å². The number of allylic oxidation sites excluding steroid dienone is 1. The molecule has 0 aromatic heterocycles. The Hall–Kier alpha value is -2.30. The highest BCUT2D eigenvalue weighted by molar-refractivity contribution is 6.30. The number of aryl methyl sites for hydroxylation is 1. The molecule has 0 saturated carbocycles. The van der Waals surface area contributed by atoms with Crippen LogP contribution in [0.15, 0.2) is 36.1 Å². The zero-order valence-electron chi connectivity index (χ0n) is 16.2. The van der Waals surface area contributed by atoms with E-state index in [4.69, 9.17) is 16.3 Å². The molecule has 0 spiro atoms. The first kappa shape index (κ1) is 19.0. The highest BCUT2D eigenvalue weighted by Crippen LogP contribution is 2.42. The van der Waals surface area contributed by atoms with Crippen molar-refractivity contribution in [2.45, 2.75) is 33.2 Å². The van der Waals surface area contributed by atoms with Crippen molar-refractivity contribution < 1.29 is 14.6 Å². The van der Waals surface area contributed by atoms with Crippen molar-refractivity contribution in [2.75, 3.05) is 13.1 Å². The number of hydrogen-bond donors (Lipinski definition) is 1. The molecular weight excluding hydrogens is 374 g/mol. The summed E-state index contributed by atoms with van der Waals surface area (Å²) < 4.78 is 6.00. The monoisotopic (exact) mass is 397 g/mol. The predicted molar refractivity (Wildman–Crippen MR) is 111 cm³/mol. The molecule has 4 rings (SSSR count). The second kappa shape index (κ2) is 7.61. The molecule has 0 radical (unpaired) electrons. The van der Waals surface area contributed by atoms with Gasteiger partial charge in [0.05, 0.1) is 11.1 Å². The van der Waals surface area contributed by atoms with Crippen molar-refractivity contribution in [3.05, 3.63) is 63.4 Å². The maximum absolute atomic E-state index is 13.0. The predicted octanol–water partition coefficient (Wildman–Crippen LogP) is 5.20. The van der Waals surface area contributed by atoms with Crippen molar-refractivity contribution in [3.8, 4) is 11.5 Å². The minimum Gasteiger partial charge on any atom is -0.507 e. The number of aromatic hydroxyl groups is 1. The lowest BCUT2D eigenvalue weighted by Crippen LogP contribution is -2.32. The quantitative estimate of drug-likeness (QED) is 0.723.